The van der Waals surface area contributed by atoms with Crippen LogP contribution in [0.1, 0.15) is 41.0 Å². The Balaban J connectivity index is 1.59. The zero-order valence-electron chi connectivity index (χ0n) is 17.2. The number of benzene rings is 1. The summed E-state index contributed by atoms with van der Waals surface area (Å²) in [5, 5.41) is 4.58. The molecule has 1 fully saturated rings. The van der Waals surface area contributed by atoms with Gasteiger partial charge in [0.15, 0.2) is 22.2 Å². The molecule has 31 heavy (non-hydrogen) atoms. The summed E-state index contributed by atoms with van der Waals surface area (Å²) in [4.78, 5) is 24.2. The van der Waals surface area contributed by atoms with Gasteiger partial charge in [-0.15, -0.1) is 0 Å². The first-order valence-corrected chi connectivity index (χ1v) is 12.0. The van der Waals surface area contributed by atoms with Crippen LogP contribution >= 0.6 is 11.6 Å². The van der Waals surface area contributed by atoms with E-state index in [-0.39, 0.29) is 28.5 Å². The second-order valence-electron chi connectivity index (χ2n) is 7.11. The van der Waals surface area contributed by atoms with Crippen molar-refractivity contribution in [1.29, 1.82) is 0 Å². The SMILES string of the molecule is CCOc1ccc(C(=O)COC(=O)C=Cc2c(C)nn(C3CCS(=O)(=O)C3)c2Cl)cc1. The number of carbonyl (C=O) groups excluding carboxylic acids is 2. The molecule has 1 atom stereocenters. The topological polar surface area (TPSA) is 105 Å². The van der Waals surface area contributed by atoms with Gasteiger partial charge in [-0.3, -0.25) is 4.79 Å². The van der Waals surface area contributed by atoms with E-state index in [0.717, 1.165) is 6.08 Å². The average molecular weight is 467 g/mol. The molecule has 1 aromatic heterocycles. The van der Waals surface area contributed by atoms with Gasteiger partial charge in [0.25, 0.3) is 0 Å². The van der Waals surface area contributed by atoms with Gasteiger partial charge >= 0.3 is 5.97 Å². The standard InChI is InChI=1S/C21H23ClN2O6S/c1-3-29-17-6-4-15(5-7-17)19(25)12-30-20(26)9-8-18-14(2)23-24(21(18)22)16-10-11-31(27,28)13-16/h4-9,16H,3,10-13H2,1-2H3. The van der Waals surface area contributed by atoms with Gasteiger partial charge < -0.3 is 9.47 Å². The molecule has 0 radical (unpaired) electrons. The Labute approximate surface area is 185 Å². The largest absolute Gasteiger partial charge is 0.494 e. The molecule has 8 nitrogen and oxygen atoms in total. The van der Waals surface area contributed by atoms with E-state index in [9.17, 15) is 18.0 Å². The summed E-state index contributed by atoms with van der Waals surface area (Å²) < 4.78 is 35.3. The highest BCUT2D eigenvalue weighted by atomic mass is 35.5. The Hall–Kier alpha value is -2.65. The minimum atomic E-state index is -3.08. The highest BCUT2D eigenvalue weighted by molar-refractivity contribution is 7.91. The number of ketones is 1. The molecule has 0 bridgehead atoms. The monoisotopic (exact) mass is 466 g/mol. The van der Waals surface area contributed by atoms with Gasteiger partial charge in [0, 0.05) is 17.2 Å². The zero-order chi connectivity index (χ0) is 22.6. The number of hydrogen-bond donors (Lipinski definition) is 0. The van der Waals surface area contributed by atoms with Crippen molar-refractivity contribution in [3.05, 3.63) is 52.3 Å². The van der Waals surface area contributed by atoms with Crippen LogP contribution in [0.3, 0.4) is 0 Å². The van der Waals surface area contributed by atoms with Gasteiger partial charge in [-0.25, -0.2) is 17.9 Å². The molecule has 1 unspecified atom stereocenters. The number of aromatic nitrogens is 2. The van der Waals surface area contributed by atoms with E-state index in [2.05, 4.69) is 5.10 Å². The molecule has 2 heterocycles. The predicted octanol–water partition coefficient (Wildman–Crippen LogP) is 3.04. The minimum absolute atomic E-state index is 0.00725. The van der Waals surface area contributed by atoms with Crippen LogP contribution in [0, 0.1) is 6.92 Å². The van der Waals surface area contributed by atoms with Gasteiger partial charge in [-0.2, -0.15) is 5.10 Å². The molecule has 166 valence electrons. The second kappa shape index (κ2) is 9.65. The fourth-order valence-corrected chi connectivity index (χ4v) is 5.32. The van der Waals surface area contributed by atoms with Crippen molar-refractivity contribution in [2.45, 2.75) is 26.3 Å². The van der Waals surface area contributed by atoms with Crippen LogP contribution in [0.5, 0.6) is 5.75 Å². The fourth-order valence-electron chi connectivity index (χ4n) is 3.25. The van der Waals surface area contributed by atoms with E-state index >= 15 is 0 Å². The van der Waals surface area contributed by atoms with Crippen molar-refractivity contribution in [3.8, 4) is 5.75 Å². The van der Waals surface area contributed by atoms with Gasteiger partial charge in [0.1, 0.15) is 10.9 Å². The third-order valence-corrected chi connectivity index (χ3v) is 6.97. The highest BCUT2D eigenvalue weighted by Gasteiger charge is 2.31. The summed E-state index contributed by atoms with van der Waals surface area (Å²) in [5.74, 6) is -0.290. The first kappa shape index (κ1) is 23.0. The molecule has 0 amide bonds. The Morgan fingerprint density at radius 1 is 1.29 bits per heavy atom. The number of Topliss-reactive ketones (excluding diaryl/α,β-unsaturated/α-hetero) is 1. The van der Waals surface area contributed by atoms with Gasteiger partial charge in [0.05, 0.1) is 29.8 Å². The zero-order valence-corrected chi connectivity index (χ0v) is 18.8. The first-order chi connectivity index (χ1) is 14.7. The van der Waals surface area contributed by atoms with E-state index < -0.39 is 22.4 Å². The Bertz CT molecular complexity index is 1110. The third kappa shape index (κ3) is 5.74. The molecule has 1 saturated heterocycles. The number of halogens is 1. The van der Waals surface area contributed by atoms with Gasteiger partial charge in [0.2, 0.25) is 0 Å². The molecule has 1 aliphatic rings. The smallest absolute Gasteiger partial charge is 0.331 e. The van der Waals surface area contributed by atoms with Crippen molar-refractivity contribution in [3.63, 3.8) is 0 Å². The lowest BCUT2D eigenvalue weighted by Crippen LogP contribution is -2.12. The molecular formula is C21H23ClN2O6S. The molecule has 3 rings (SSSR count). The molecule has 0 spiro atoms. The Kier molecular flexibility index (Phi) is 7.17. The number of sulfone groups is 1. The molecule has 1 aliphatic heterocycles. The van der Waals surface area contributed by atoms with E-state index in [4.69, 9.17) is 21.1 Å². The van der Waals surface area contributed by atoms with Crippen molar-refractivity contribution in [1.82, 2.24) is 9.78 Å². The van der Waals surface area contributed by atoms with Crippen LogP contribution in [0.15, 0.2) is 30.3 Å². The highest BCUT2D eigenvalue weighted by Crippen LogP contribution is 2.30. The van der Waals surface area contributed by atoms with E-state index in [0.29, 0.717) is 35.6 Å². The molecule has 2 aromatic rings. The summed E-state index contributed by atoms with van der Waals surface area (Å²) >= 11 is 6.37. The molecule has 0 N–H and O–H groups in total. The number of ether oxygens (including phenoxy) is 2. The normalized spacial score (nSPS) is 17.7. The molecule has 0 saturated carbocycles. The fraction of sp³-hybridized carbons (Fsp3) is 0.381. The molecule has 1 aromatic carbocycles. The Morgan fingerprint density at radius 2 is 2.00 bits per heavy atom. The number of nitrogens with zero attached hydrogens (tertiary/aromatic N) is 2. The molecule has 10 heteroatoms. The van der Waals surface area contributed by atoms with E-state index in [1.54, 1.807) is 31.2 Å². The average Bonchev–Trinajstić information content (AvgIpc) is 3.23. The number of rotatable bonds is 8. The summed E-state index contributed by atoms with van der Waals surface area (Å²) in [7, 11) is -3.08. The maximum Gasteiger partial charge on any atom is 0.331 e. The second-order valence-corrected chi connectivity index (χ2v) is 9.70. The van der Waals surface area contributed by atoms with Crippen molar-refractivity contribution < 1.29 is 27.5 Å². The lowest BCUT2D eigenvalue weighted by atomic mass is 10.1. The first-order valence-electron chi connectivity index (χ1n) is 9.76. The summed E-state index contributed by atoms with van der Waals surface area (Å²) in [6.07, 6.45) is 3.06. The number of hydrogen-bond acceptors (Lipinski definition) is 7. The minimum Gasteiger partial charge on any atom is -0.494 e. The van der Waals surface area contributed by atoms with Crippen LogP contribution in [-0.4, -0.2) is 54.7 Å². The maximum absolute atomic E-state index is 12.2. The van der Waals surface area contributed by atoms with E-state index in [1.807, 2.05) is 6.92 Å². The molecule has 0 aliphatic carbocycles. The third-order valence-electron chi connectivity index (χ3n) is 4.84. The maximum atomic E-state index is 12.2. The van der Waals surface area contributed by atoms with E-state index in [1.165, 1.54) is 10.8 Å². The van der Waals surface area contributed by atoms with Crippen molar-refractivity contribution in [2.24, 2.45) is 0 Å². The number of esters is 1. The summed E-state index contributed by atoms with van der Waals surface area (Å²) in [5.41, 5.74) is 1.47. The molecular weight excluding hydrogens is 444 g/mol. The number of aryl methyl sites for hydroxylation is 1. The van der Waals surface area contributed by atoms with Gasteiger partial charge in [-0.05, 0) is 50.6 Å². The quantitative estimate of drug-likeness (QED) is 0.334. The van der Waals surface area contributed by atoms with Crippen LogP contribution in [-0.2, 0) is 19.4 Å². The van der Waals surface area contributed by atoms with Crippen LogP contribution in [0.4, 0.5) is 0 Å². The van der Waals surface area contributed by atoms with Crippen molar-refractivity contribution in [2.75, 3.05) is 24.7 Å². The lowest BCUT2D eigenvalue weighted by Gasteiger charge is -2.09. The van der Waals surface area contributed by atoms with Crippen LogP contribution in [0.25, 0.3) is 6.08 Å². The van der Waals surface area contributed by atoms with Crippen LogP contribution in [0.2, 0.25) is 5.15 Å². The van der Waals surface area contributed by atoms with Gasteiger partial charge in [-0.1, -0.05) is 11.6 Å². The Morgan fingerprint density at radius 3 is 2.61 bits per heavy atom. The summed E-state index contributed by atoms with van der Waals surface area (Å²) in [6.45, 7) is 3.71. The van der Waals surface area contributed by atoms with Crippen molar-refractivity contribution >= 4 is 39.3 Å². The lowest BCUT2D eigenvalue weighted by molar-refractivity contribution is -0.136. The predicted molar refractivity (Wildman–Crippen MR) is 116 cm³/mol. The van der Waals surface area contributed by atoms with Crippen LogP contribution < -0.4 is 4.74 Å². The summed E-state index contributed by atoms with van der Waals surface area (Å²) in [6, 6.07) is 6.25. The number of carbonyl (C=O) groups is 2.